The van der Waals surface area contributed by atoms with E-state index in [1.165, 1.54) is 0 Å². The van der Waals surface area contributed by atoms with Crippen molar-refractivity contribution in [2.45, 2.75) is 24.3 Å². The zero-order valence-electron chi connectivity index (χ0n) is 6.20. The van der Waals surface area contributed by atoms with Gasteiger partial charge in [-0.15, -0.1) is 0 Å². The zero-order valence-corrected chi connectivity index (χ0v) is 6.20. The second-order valence-corrected chi connectivity index (χ2v) is 3.25. The van der Waals surface area contributed by atoms with Crippen LogP contribution in [0.3, 0.4) is 0 Å². The molecule has 2 fully saturated rings. The summed E-state index contributed by atoms with van der Waals surface area (Å²) >= 11 is 0. The van der Waals surface area contributed by atoms with Crippen LogP contribution in [0.5, 0.6) is 0 Å². The van der Waals surface area contributed by atoms with Gasteiger partial charge in [0.2, 0.25) is 0 Å². The molecule has 1 N–H and O–H groups in total. The van der Waals surface area contributed by atoms with Crippen LogP contribution in [0.2, 0.25) is 0 Å². The van der Waals surface area contributed by atoms with Gasteiger partial charge in [0.05, 0.1) is 12.1 Å². The molecule has 0 aromatic heterocycles. The standard InChI is InChI=1S/C7H11F2NO/c8-7(9)5-10-6(7)1-3-11-4-2-6/h10H,1-5H2. The van der Waals surface area contributed by atoms with Gasteiger partial charge in [0, 0.05) is 13.2 Å². The molecule has 0 unspecified atom stereocenters. The number of nitrogens with one attached hydrogen (secondary N) is 1. The Labute approximate surface area is 63.9 Å². The molecule has 64 valence electrons. The van der Waals surface area contributed by atoms with Crippen LogP contribution in [0, 0.1) is 0 Å². The van der Waals surface area contributed by atoms with Gasteiger partial charge >= 0.3 is 0 Å². The van der Waals surface area contributed by atoms with Gasteiger partial charge in [-0.05, 0) is 12.8 Å². The topological polar surface area (TPSA) is 21.3 Å². The van der Waals surface area contributed by atoms with Crippen LogP contribution < -0.4 is 5.32 Å². The molecule has 0 aliphatic carbocycles. The first-order valence-electron chi connectivity index (χ1n) is 3.87. The van der Waals surface area contributed by atoms with Crippen molar-refractivity contribution in [1.82, 2.24) is 5.32 Å². The van der Waals surface area contributed by atoms with E-state index in [1.54, 1.807) is 0 Å². The summed E-state index contributed by atoms with van der Waals surface area (Å²) in [6.45, 7) is 0.762. The largest absolute Gasteiger partial charge is 0.381 e. The summed E-state index contributed by atoms with van der Waals surface area (Å²) in [6.07, 6.45) is 0.889. The number of alkyl halides is 2. The van der Waals surface area contributed by atoms with E-state index in [4.69, 9.17) is 4.74 Å². The number of hydrogen-bond donors (Lipinski definition) is 1. The predicted molar refractivity (Wildman–Crippen MR) is 35.7 cm³/mol. The zero-order chi connectivity index (χ0) is 7.95. The van der Waals surface area contributed by atoms with Gasteiger partial charge in [-0.2, -0.15) is 0 Å². The van der Waals surface area contributed by atoms with Gasteiger partial charge < -0.3 is 10.1 Å². The fourth-order valence-corrected chi connectivity index (χ4v) is 1.73. The average molecular weight is 163 g/mol. The summed E-state index contributed by atoms with van der Waals surface area (Å²) in [5, 5.41) is 2.82. The Morgan fingerprint density at radius 3 is 2.09 bits per heavy atom. The molecule has 2 nitrogen and oxygen atoms in total. The minimum Gasteiger partial charge on any atom is -0.381 e. The third-order valence-corrected chi connectivity index (χ3v) is 2.70. The first kappa shape index (κ1) is 7.43. The van der Waals surface area contributed by atoms with E-state index in [0.29, 0.717) is 26.1 Å². The normalized spacial score (nSPS) is 33.3. The summed E-state index contributed by atoms with van der Waals surface area (Å²) in [6, 6.07) is 0. The minimum atomic E-state index is -2.50. The summed E-state index contributed by atoms with van der Waals surface area (Å²) in [5.74, 6) is -2.50. The minimum absolute atomic E-state index is 0.160. The number of ether oxygens (including phenoxy) is 1. The van der Waals surface area contributed by atoms with Crippen molar-refractivity contribution in [1.29, 1.82) is 0 Å². The number of hydrogen-bond acceptors (Lipinski definition) is 2. The van der Waals surface area contributed by atoms with Crippen LogP contribution in [0.25, 0.3) is 0 Å². The predicted octanol–water partition coefficient (Wildman–Crippen LogP) is 0.774. The Morgan fingerprint density at radius 1 is 1.18 bits per heavy atom. The molecule has 0 amide bonds. The van der Waals surface area contributed by atoms with E-state index < -0.39 is 11.5 Å². The Hall–Kier alpha value is -0.220. The Balaban J connectivity index is 2.09. The molecule has 0 aromatic rings. The summed E-state index contributed by atoms with van der Waals surface area (Å²) in [4.78, 5) is 0. The van der Waals surface area contributed by atoms with Crippen LogP contribution >= 0.6 is 0 Å². The highest BCUT2D eigenvalue weighted by atomic mass is 19.3. The molecule has 0 radical (unpaired) electrons. The van der Waals surface area contributed by atoms with Gasteiger partial charge in [-0.1, -0.05) is 0 Å². The molecule has 2 saturated heterocycles. The summed E-state index contributed by atoms with van der Waals surface area (Å²) in [7, 11) is 0. The maximum Gasteiger partial charge on any atom is 0.278 e. The van der Waals surface area contributed by atoms with Crippen LogP contribution in [0.15, 0.2) is 0 Å². The molecule has 1 spiro atoms. The average Bonchev–Trinajstić information content (AvgIpc) is 2.04. The van der Waals surface area contributed by atoms with Crippen LogP contribution in [0.1, 0.15) is 12.8 Å². The van der Waals surface area contributed by atoms with Gasteiger partial charge in [0.1, 0.15) is 0 Å². The molecular weight excluding hydrogens is 152 g/mol. The molecule has 0 bridgehead atoms. The van der Waals surface area contributed by atoms with E-state index in [-0.39, 0.29) is 6.54 Å². The molecule has 2 rings (SSSR count). The van der Waals surface area contributed by atoms with Crippen molar-refractivity contribution in [2.75, 3.05) is 19.8 Å². The second-order valence-electron chi connectivity index (χ2n) is 3.25. The van der Waals surface area contributed by atoms with E-state index in [2.05, 4.69) is 5.32 Å². The molecule has 0 atom stereocenters. The molecule has 2 heterocycles. The van der Waals surface area contributed by atoms with Crippen molar-refractivity contribution in [3.63, 3.8) is 0 Å². The lowest BCUT2D eigenvalue weighted by Crippen LogP contribution is -2.75. The first-order chi connectivity index (χ1) is 5.16. The number of halogens is 2. The maximum absolute atomic E-state index is 13.0. The summed E-state index contributed by atoms with van der Waals surface area (Å²) < 4.78 is 30.9. The third-order valence-electron chi connectivity index (χ3n) is 2.70. The first-order valence-corrected chi connectivity index (χ1v) is 3.87. The van der Waals surface area contributed by atoms with E-state index in [1.807, 2.05) is 0 Å². The van der Waals surface area contributed by atoms with E-state index >= 15 is 0 Å². The highest BCUT2D eigenvalue weighted by Gasteiger charge is 2.61. The third kappa shape index (κ3) is 0.891. The Bertz CT molecular complexity index is 166. The van der Waals surface area contributed by atoms with Gasteiger partial charge in [-0.3, -0.25) is 0 Å². The van der Waals surface area contributed by atoms with E-state index in [9.17, 15) is 8.78 Å². The van der Waals surface area contributed by atoms with Crippen LogP contribution in [-0.4, -0.2) is 31.2 Å². The van der Waals surface area contributed by atoms with Gasteiger partial charge in [0.15, 0.2) is 0 Å². The SMILES string of the molecule is FC1(F)CNC12CCOCC2. The van der Waals surface area contributed by atoms with Crippen molar-refractivity contribution in [2.24, 2.45) is 0 Å². The van der Waals surface area contributed by atoms with Crippen molar-refractivity contribution >= 4 is 0 Å². The lowest BCUT2D eigenvalue weighted by atomic mass is 9.77. The molecular formula is C7H11F2NO. The molecule has 2 aliphatic rings. The molecule has 0 aromatic carbocycles. The van der Waals surface area contributed by atoms with Crippen LogP contribution in [0.4, 0.5) is 8.78 Å². The highest BCUT2D eigenvalue weighted by Crippen LogP contribution is 2.42. The molecule has 11 heavy (non-hydrogen) atoms. The summed E-state index contributed by atoms with van der Waals surface area (Å²) in [5.41, 5.74) is -0.911. The van der Waals surface area contributed by atoms with E-state index in [0.717, 1.165) is 0 Å². The van der Waals surface area contributed by atoms with Crippen molar-refractivity contribution in [3.05, 3.63) is 0 Å². The quantitative estimate of drug-likeness (QED) is 0.569. The van der Waals surface area contributed by atoms with Gasteiger partial charge in [0.25, 0.3) is 5.92 Å². The Kier molecular flexibility index (Phi) is 1.44. The maximum atomic E-state index is 13.0. The molecule has 4 heteroatoms. The lowest BCUT2D eigenvalue weighted by Gasteiger charge is -2.52. The second kappa shape index (κ2) is 2.14. The Morgan fingerprint density at radius 2 is 1.82 bits per heavy atom. The highest BCUT2D eigenvalue weighted by molar-refractivity contribution is 5.11. The molecule has 2 aliphatic heterocycles. The van der Waals surface area contributed by atoms with Crippen molar-refractivity contribution in [3.8, 4) is 0 Å². The fourth-order valence-electron chi connectivity index (χ4n) is 1.73. The monoisotopic (exact) mass is 163 g/mol. The molecule has 0 saturated carbocycles. The van der Waals surface area contributed by atoms with Crippen molar-refractivity contribution < 1.29 is 13.5 Å². The smallest absolute Gasteiger partial charge is 0.278 e. The lowest BCUT2D eigenvalue weighted by molar-refractivity contribution is -0.185. The van der Waals surface area contributed by atoms with Crippen LogP contribution in [-0.2, 0) is 4.74 Å². The number of rotatable bonds is 0. The fraction of sp³-hybridized carbons (Fsp3) is 1.00. The van der Waals surface area contributed by atoms with Gasteiger partial charge in [-0.25, -0.2) is 8.78 Å².